The summed E-state index contributed by atoms with van der Waals surface area (Å²) >= 11 is 7.41. The molecular formula is C25H25ClN4O2S. The number of rotatable bonds is 5. The van der Waals surface area contributed by atoms with Gasteiger partial charge in [-0.05, 0) is 70.2 Å². The molecule has 0 bridgehead atoms. The second-order valence-electron chi connectivity index (χ2n) is 8.83. The molecule has 0 saturated carbocycles. The summed E-state index contributed by atoms with van der Waals surface area (Å²) in [5.41, 5.74) is 1.97. The fourth-order valence-electron chi connectivity index (χ4n) is 3.53. The van der Waals surface area contributed by atoms with Gasteiger partial charge >= 0.3 is 0 Å². The third-order valence-corrected chi connectivity index (χ3v) is 6.31. The van der Waals surface area contributed by atoms with E-state index in [0.29, 0.717) is 15.6 Å². The Morgan fingerprint density at radius 2 is 1.76 bits per heavy atom. The molecule has 2 aromatic carbocycles. The first-order valence-electron chi connectivity index (χ1n) is 10.6. The molecule has 8 heteroatoms. The molecule has 2 heterocycles. The van der Waals surface area contributed by atoms with Crippen molar-refractivity contribution in [3.63, 3.8) is 0 Å². The summed E-state index contributed by atoms with van der Waals surface area (Å²) in [4.78, 5) is 29.3. The fraction of sp³-hybridized carbons (Fsp3) is 0.240. The van der Waals surface area contributed by atoms with Gasteiger partial charge in [0.2, 0.25) is 5.91 Å². The molecule has 0 spiro atoms. The Balaban J connectivity index is 1.72. The number of fused-ring (bicyclic) bond motifs is 1. The molecule has 0 aliphatic carbocycles. The molecule has 0 fully saturated rings. The minimum atomic E-state index is -0.403. The molecule has 0 saturated heterocycles. The summed E-state index contributed by atoms with van der Waals surface area (Å²) in [5, 5.41) is 9.05. The maximum absolute atomic E-state index is 13.7. The summed E-state index contributed by atoms with van der Waals surface area (Å²) in [7, 11) is 0. The highest BCUT2D eigenvalue weighted by atomic mass is 35.5. The predicted molar refractivity (Wildman–Crippen MR) is 135 cm³/mol. The molecule has 33 heavy (non-hydrogen) atoms. The third-order valence-electron chi connectivity index (χ3n) is 4.96. The summed E-state index contributed by atoms with van der Waals surface area (Å²) in [6.07, 6.45) is 0. The number of thiophene rings is 1. The van der Waals surface area contributed by atoms with Gasteiger partial charge in [0.05, 0.1) is 16.3 Å². The smallest absolute Gasteiger partial charge is 0.268 e. The Morgan fingerprint density at radius 1 is 1.09 bits per heavy atom. The van der Waals surface area contributed by atoms with E-state index in [0.717, 1.165) is 21.6 Å². The highest BCUT2D eigenvalue weighted by Gasteiger charge is 2.26. The van der Waals surface area contributed by atoms with Crippen LogP contribution in [-0.4, -0.2) is 33.7 Å². The van der Waals surface area contributed by atoms with E-state index in [2.05, 4.69) is 10.4 Å². The molecule has 0 aliphatic rings. The molecule has 170 valence electrons. The van der Waals surface area contributed by atoms with Crippen molar-refractivity contribution in [1.29, 1.82) is 0 Å². The van der Waals surface area contributed by atoms with Crippen molar-refractivity contribution < 1.29 is 9.59 Å². The average molecular weight is 481 g/mol. The van der Waals surface area contributed by atoms with E-state index < -0.39 is 5.54 Å². The zero-order chi connectivity index (χ0) is 23.8. The zero-order valence-electron chi connectivity index (χ0n) is 18.9. The van der Waals surface area contributed by atoms with Gasteiger partial charge in [-0.25, -0.2) is 4.68 Å². The van der Waals surface area contributed by atoms with Gasteiger partial charge in [-0.15, -0.1) is 11.3 Å². The van der Waals surface area contributed by atoms with E-state index >= 15 is 0 Å². The predicted octanol–water partition coefficient (Wildman–Crippen LogP) is 5.61. The molecule has 0 unspecified atom stereocenters. The van der Waals surface area contributed by atoms with Crippen LogP contribution >= 0.6 is 22.9 Å². The summed E-state index contributed by atoms with van der Waals surface area (Å²) in [6, 6.07) is 18.6. The van der Waals surface area contributed by atoms with Crippen LogP contribution in [0.15, 0.2) is 60.7 Å². The van der Waals surface area contributed by atoms with Crippen molar-refractivity contribution in [1.82, 2.24) is 15.1 Å². The number of carbonyl (C=O) groups excluding carboxylic acids is 2. The second-order valence-corrected chi connectivity index (χ2v) is 10.3. The monoisotopic (exact) mass is 480 g/mol. The molecule has 0 aliphatic heterocycles. The number of anilines is 1. The van der Waals surface area contributed by atoms with Crippen LogP contribution in [0.25, 0.3) is 15.9 Å². The van der Waals surface area contributed by atoms with Gasteiger partial charge < -0.3 is 5.32 Å². The molecular weight excluding hydrogens is 456 g/mol. The SMILES string of the molecule is Cc1nn(-c2ccccc2)c2sc(C(=O)N(CC(=O)NC(C)(C)C)c3ccc(Cl)cc3)cc12. The first-order chi connectivity index (χ1) is 15.6. The molecule has 1 N–H and O–H groups in total. The van der Waals surface area contributed by atoms with Gasteiger partial charge in [0, 0.05) is 21.6 Å². The Morgan fingerprint density at radius 3 is 2.39 bits per heavy atom. The summed E-state index contributed by atoms with van der Waals surface area (Å²) in [6.45, 7) is 7.54. The van der Waals surface area contributed by atoms with E-state index in [1.54, 1.807) is 24.3 Å². The molecule has 0 atom stereocenters. The van der Waals surface area contributed by atoms with Crippen molar-refractivity contribution in [3.8, 4) is 5.69 Å². The number of amides is 2. The van der Waals surface area contributed by atoms with Crippen LogP contribution in [0, 0.1) is 6.92 Å². The van der Waals surface area contributed by atoms with Crippen LogP contribution < -0.4 is 10.2 Å². The zero-order valence-corrected chi connectivity index (χ0v) is 20.5. The number of nitrogens with zero attached hydrogens (tertiary/aromatic N) is 3. The number of carbonyl (C=O) groups is 2. The number of aromatic nitrogens is 2. The van der Waals surface area contributed by atoms with E-state index in [-0.39, 0.29) is 18.4 Å². The average Bonchev–Trinajstić information content (AvgIpc) is 3.32. The minimum absolute atomic E-state index is 0.101. The van der Waals surface area contributed by atoms with Crippen LogP contribution in [0.3, 0.4) is 0 Å². The van der Waals surface area contributed by atoms with E-state index in [1.807, 2.05) is 68.8 Å². The highest BCUT2D eigenvalue weighted by molar-refractivity contribution is 7.20. The van der Waals surface area contributed by atoms with Crippen molar-refractivity contribution in [2.45, 2.75) is 33.2 Å². The summed E-state index contributed by atoms with van der Waals surface area (Å²) < 4.78 is 1.85. The quantitative estimate of drug-likeness (QED) is 0.403. The Bertz CT molecular complexity index is 1300. The Kier molecular flexibility index (Phi) is 6.28. The van der Waals surface area contributed by atoms with Crippen molar-refractivity contribution in [2.75, 3.05) is 11.4 Å². The van der Waals surface area contributed by atoms with Gasteiger partial charge in [-0.1, -0.05) is 29.8 Å². The summed E-state index contributed by atoms with van der Waals surface area (Å²) in [5.74, 6) is -0.486. The Hall–Kier alpha value is -3.16. The third kappa shape index (κ3) is 5.10. The number of aryl methyl sites for hydroxylation is 1. The molecule has 6 nitrogen and oxygen atoms in total. The van der Waals surface area contributed by atoms with Crippen molar-refractivity contribution >= 4 is 50.7 Å². The molecule has 0 radical (unpaired) electrons. The first-order valence-corrected chi connectivity index (χ1v) is 11.7. The fourth-order valence-corrected chi connectivity index (χ4v) is 4.79. The van der Waals surface area contributed by atoms with Crippen LogP contribution in [0.1, 0.15) is 36.1 Å². The number of nitrogens with one attached hydrogen (secondary N) is 1. The normalized spacial score (nSPS) is 11.5. The van der Waals surface area contributed by atoms with Crippen LogP contribution in [0.5, 0.6) is 0 Å². The topological polar surface area (TPSA) is 67.2 Å². The number of hydrogen-bond donors (Lipinski definition) is 1. The minimum Gasteiger partial charge on any atom is -0.350 e. The number of benzene rings is 2. The number of para-hydroxylation sites is 1. The van der Waals surface area contributed by atoms with Crippen LogP contribution in [0.2, 0.25) is 5.02 Å². The van der Waals surface area contributed by atoms with Gasteiger partial charge in [0.15, 0.2) is 0 Å². The van der Waals surface area contributed by atoms with Gasteiger partial charge in [-0.3, -0.25) is 14.5 Å². The molecule has 2 aromatic heterocycles. The van der Waals surface area contributed by atoms with E-state index in [1.165, 1.54) is 16.2 Å². The van der Waals surface area contributed by atoms with Crippen LogP contribution in [0.4, 0.5) is 5.69 Å². The lowest BCUT2D eigenvalue weighted by Gasteiger charge is -2.25. The molecule has 4 aromatic rings. The largest absolute Gasteiger partial charge is 0.350 e. The lowest BCUT2D eigenvalue weighted by atomic mass is 10.1. The highest BCUT2D eigenvalue weighted by Crippen LogP contribution is 2.32. The number of hydrogen-bond acceptors (Lipinski definition) is 4. The second kappa shape index (κ2) is 9.00. The van der Waals surface area contributed by atoms with Gasteiger partial charge in [0.25, 0.3) is 5.91 Å². The van der Waals surface area contributed by atoms with Crippen LogP contribution in [-0.2, 0) is 4.79 Å². The maximum Gasteiger partial charge on any atom is 0.268 e. The first kappa shape index (κ1) is 23.0. The van der Waals surface area contributed by atoms with Gasteiger partial charge in [0.1, 0.15) is 11.4 Å². The lowest BCUT2D eigenvalue weighted by Crippen LogP contribution is -2.47. The van der Waals surface area contributed by atoms with Crippen molar-refractivity contribution in [2.24, 2.45) is 0 Å². The van der Waals surface area contributed by atoms with Gasteiger partial charge in [-0.2, -0.15) is 5.10 Å². The van der Waals surface area contributed by atoms with E-state index in [9.17, 15) is 9.59 Å². The van der Waals surface area contributed by atoms with Crippen molar-refractivity contribution in [3.05, 3.63) is 76.3 Å². The maximum atomic E-state index is 13.7. The Labute approximate surface area is 201 Å². The van der Waals surface area contributed by atoms with E-state index in [4.69, 9.17) is 11.6 Å². The molecule has 2 amide bonds. The lowest BCUT2D eigenvalue weighted by molar-refractivity contribution is -0.121. The standard InChI is InChI=1S/C25H25ClN4O2S/c1-16-20-14-21(33-24(20)30(28-16)19-8-6-5-7-9-19)23(32)29(15-22(31)27-25(2,3)4)18-12-10-17(26)11-13-18/h5-14H,15H2,1-4H3,(H,27,31). The molecule has 4 rings (SSSR count). The number of halogens is 1.